The SMILES string of the molecule is CCOCCCNC(=O)CN(Cc1ccccc1)S(=O)(=O)c1ccc(OC)c(OC)c1. The number of nitrogens with zero attached hydrogens (tertiary/aromatic N) is 1. The number of hydrogen-bond donors (Lipinski definition) is 1. The molecule has 2 aromatic carbocycles. The van der Waals surface area contributed by atoms with Gasteiger partial charge in [-0.25, -0.2) is 8.42 Å². The van der Waals surface area contributed by atoms with E-state index in [9.17, 15) is 13.2 Å². The second kappa shape index (κ2) is 12.3. The Balaban J connectivity index is 2.23. The van der Waals surface area contributed by atoms with Gasteiger partial charge in [-0.1, -0.05) is 30.3 Å². The number of carbonyl (C=O) groups excluding carboxylic acids is 1. The van der Waals surface area contributed by atoms with Crippen molar-refractivity contribution in [1.82, 2.24) is 9.62 Å². The Hall–Kier alpha value is -2.62. The molecule has 0 aliphatic heterocycles. The van der Waals surface area contributed by atoms with Gasteiger partial charge in [0.15, 0.2) is 11.5 Å². The van der Waals surface area contributed by atoms with E-state index in [-0.39, 0.29) is 23.9 Å². The normalized spacial score (nSPS) is 11.4. The molecule has 0 radical (unpaired) electrons. The van der Waals surface area contributed by atoms with E-state index in [2.05, 4.69) is 5.32 Å². The molecular weight excluding hydrogens is 420 g/mol. The quantitative estimate of drug-likeness (QED) is 0.471. The van der Waals surface area contributed by atoms with Crippen molar-refractivity contribution in [3.05, 3.63) is 54.1 Å². The van der Waals surface area contributed by atoms with Crippen molar-refractivity contribution < 1.29 is 27.4 Å². The Labute approximate surface area is 184 Å². The number of sulfonamides is 1. The molecule has 0 aliphatic carbocycles. The maximum absolute atomic E-state index is 13.4. The number of amides is 1. The average Bonchev–Trinajstić information content (AvgIpc) is 2.78. The number of carbonyl (C=O) groups is 1. The van der Waals surface area contributed by atoms with Crippen molar-refractivity contribution in [2.75, 3.05) is 40.5 Å². The molecule has 0 spiro atoms. The zero-order chi connectivity index (χ0) is 22.7. The summed E-state index contributed by atoms with van der Waals surface area (Å²) in [5.41, 5.74) is 0.774. The summed E-state index contributed by atoms with van der Waals surface area (Å²) in [4.78, 5) is 12.5. The van der Waals surface area contributed by atoms with Crippen LogP contribution >= 0.6 is 0 Å². The lowest BCUT2D eigenvalue weighted by atomic mass is 10.2. The molecule has 0 heterocycles. The Morgan fingerprint density at radius 1 is 1.03 bits per heavy atom. The van der Waals surface area contributed by atoms with E-state index in [1.54, 1.807) is 0 Å². The summed E-state index contributed by atoms with van der Waals surface area (Å²) >= 11 is 0. The second-order valence-corrected chi connectivity index (χ2v) is 8.61. The van der Waals surface area contributed by atoms with Gasteiger partial charge in [0.1, 0.15) is 0 Å². The minimum absolute atomic E-state index is 0.0187. The Morgan fingerprint density at radius 3 is 2.39 bits per heavy atom. The monoisotopic (exact) mass is 450 g/mol. The largest absolute Gasteiger partial charge is 0.493 e. The molecule has 1 N–H and O–H groups in total. The van der Waals surface area contributed by atoms with Crippen molar-refractivity contribution in [3.63, 3.8) is 0 Å². The summed E-state index contributed by atoms with van der Waals surface area (Å²) in [5.74, 6) is 0.336. The molecule has 9 heteroatoms. The third-order valence-corrected chi connectivity index (χ3v) is 6.29. The van der Waals surface area contributed by atoms with Crippen molar-refractivity contribution >= 4 is 15.9 Å². The summed E-state index contributed by atoms with van der Waals surface area (Å²) in [6.07, 6.45) is 0.653. The van der Waals surface area contributed by atoms with Gasteiger partial charge in [0.25, 0.3) is 0 Å². The molecule has 2 rings (SSSR count). The number of benzene rings is 2. The predicted molar refractivity (Wildman–Crippen MR) is 118 cm³/mol. The van der Waals surface area contributed by atoms with Crippen molar-refractivity contribution in [1.29, 1.82) is 0 Å². The van der Waals surface area contributed by atoms with E-state index < -0.39 is 10.0 Å². The molecular formula is C22H30N2O6S. The number of methoxy groups -OCH3 is 2. The van der Waals surface area contributed by atoms with Gasteiger partial charge in [-0.3, -0.25) is 4.79 Å². The van der Waals surface area contributed by atoms with Gasteiger partial charge in [0.05, 0.1) is 25.7 Å². The number of rotatable bonds is 13. The fraction of sp³-hybridized carbons (Fsp3) is 0.409. The molecule has 1 amide bonds. The Morgan fingerprint density at radius 2 is 1.74 bits per heavy atom. The van der Waals surface area contributed by atoms with Gasteiger partial charge in [0, 0.05) is 32.4 Å². The third kappa shape index (κ3) is 7.23. The minimum Gasteiger partial charge on any atom is -0.493 e. The predicted octanol–water partition coefficient (Wildman–Crippen LogP) is 2.44. The summed E-state index contributed by atoms with van der Waals surface area (Å²) in [6, 6.07) is 13.5. The molecule has 170 valence electrons. The molecule has 0 aliphatic rings. The van der Waals surface area contributed by atoms with Crippen LogP contribution in [0.3, 0.4) is 0 Å². The standard InChI is InChI=1S/C22H30N2O6S/c1-4-30-14-8-13-23-22(25)17-24(16-18-9-6-5-7-10-18)31(26,27)19-11-12-20(28-2)21(15-19)29-3/h5-7,9-12,15H,4,8,13-14,16-17H2,1-3H3,(H,23,25). The van der Waals surface area contributed by atoms with Gasteiger partial charge in [0.2, 0.25) is 15.9 Å². The van der Waals surface area contributed by atoms with Gasteiger partial charge in [-0.2, -0.15) is 4.31 Å². The first-order chi connectivity index (χ1) is 14.9. The fourth-order valence-electron chi connectivity index (χ4n) is 2.90. The maximum Gasteiger partial charge on any atom is 0.243 e. The van der Waals surface area contributed by atoms with E-state index in [1.165, 1.54) is 32.4 Å². The highest BCUT2D eigenvalue weighted by molar-refractivity contribution is 7.89. The van der Waals surface area contributed by atoms with Crippen LogP contribution < -0.4 is 14.8 Å². The molecule has 0 atom stereocenters. The zero-order valence-electron chi connectivity index (χ0n) is 18.2. The van der Waals surface area contributed by atoms with Crippen molar-refractivity contribution in [2.24, 2.45) is 0 Å². The van der Waals surface area contributed by atoms with Crippen LogP contribution in [-0.4, -0.2) is 59.2 Å². The average molecular weight is 451 g/mol. The highest BCUT2D eigenvalue weighted by Crippen LogP contribution is 2.31. The molecule has 0 aromatic heterocycles. The van der Waals surface area contributed by atoms with Crippen LogP contribution in [0.15, 0.2) is 53.4 Å². The van der Waals surface area contributed by atoms with Gasteiger partial charge in [-0.05, 0) is 31.0 Å². The lowest BCUT2D eigenvalue weighted by Crippen LogP contribution is -2.40. The first-order valence-corrected chi connectivity index (χ1v) is 11.5. The van der Waals surface area contributed by atoms with Crippen LogP contribution in [0.1, 0.15) is 18.9 Å². The molecule has 0 saturated heterocycles. The summed E-state index contributed by atoms with van der Waals surface area (Å²) in [7, 11) is -1.07. The Bertz CT molecular complexity index is 934. The Kier molecular flexibility index (Phi) is 9.77. The summed E-state index contributed by atoms with van der Waals surface area (Å²) in [6.45, 7) is 3.22. The number of hydrogen-bond acceptors (Lipinski definition) is 6. The van der Waals surface area contributed by atoms with Crippen LogP contribution in [0.4, 0.5) is 0 Å². The van der Waals surface area contributed by atoms with Crippen LogP contribution in [0.5, 0.6) is 11.5 Å². The van der Waals surface area contributed by atoms with Crippen LogP contribution in [0.2, 0.25) is 0 Å². The van der Waals surface area contributed by atoms with Gasteiger partial charge >= 0.3 is 0 Å². The molecule has 8 nitrogen and oxygen atoms in total. The van der Waals surface area contributed by atoms with E-state index in [0.717, 1.165) is 9.87 Å². The molecule has 0 unspecified atom stereocenters. The second-order valence-electron chi connectivity index (χ2n) is 6.68. The topological polar surface area (TPSA) is 94.2 Å². The van der Waals surface area contributed by atoms with E-state index in [4.69, 9.17) is 14.2 Å². The summed E-state index contributed by atoms with van der Waals surface area (Å²) < 4.78 is 43.6. The molecule has 0 saturated carbocycles. The highest BCUT2D eigenvalue weighted by Gasteiger charge is 2.28. The highest BCUT2D eigenvalue weighted by atomic mass is 32.2. The zero-order valence-corrected chi connectivity index (χ0v) is 19.0. The van der Waals surface area contributed by atoms with Crippen LogP contribution in [-0.2, 0) is 26.1 Å². The number of nitrogens with one attached hydrogen (secondary N) is 1. The maximum atomic E-state index is 13.4. The van der Waals surface area contributed by atoms with E-state index in [0.29, 0.717) is 37.7 Å². The first-order valence-electron chi connectivity index (χ1n) is 10.0. The molecule has 0 bridgehead atoms. The van der Waals surface area contributed by atoms with E-state index >= 15 is 0 Å². The molecule has 31 heavy (non-hydrogen) atoms. The summed E-state index contributed by atoms with van der Waals surface area (Å²) in [5, 5.41) is 2.75. The van der Waals surface area contributed by atoms with Crippen molar-refractivity contribution in [3.8, 4) is 11.5 Å². The molecule has 0 fully saturated rings. The van der Waals surface area contributed by atoms with Gasteiger partial charge < -0.3 is 19.5 Å². The third-order valence-electron chi connectivity index (χ3n) is 4.51. The number of ether oxygens (including phenoxy) is 3. The smallest absolute Gasteiger partial charge is 0.243 e. The minimum atomic E-state index is -3.98. The first kappa shape index (κ1) is 24.6. The lowest BCUT2D eigenvalue weighted by molar-refractivity contribution is -0.121. The van der Waals surface area contributed by atoms with Crippen molar-refractivity contribution in [2.45, 2.75) is 24.8 Å². The van der Waals surface area contributed by atoms with E-state index in [1.807, 2.05) is 37.3 Å². The van der Waals surface area contributed by atoms with Gasteiger partial charge in [-0.15, -0.1) is 0 Å². The van der Waals surface area contributed by atoms with Crippen LogP contribution in [0, 0.1) is 0 Å². The van der Waals surface area contributed by atoms with Crippen LogP contribution in [0.25, 0.3) is 0 Å². The lowest BCUT2D eigenvalue weighted by Gasteiger charge is -2.22. The molecule has 2 aromatic rings. The fourth-order valence-corrected chi connectivity index (χ4v) is 4.30.